The SMILES string of the molecule is CCCOc1c(Cl)cc(C(=O)NC2CCNC2)cc1OC.Cl. The minimum Gasteiger partial charge on any atom is -0.493 e. The first kappa shape index (κ1) is 18.9. The van der Waals surface area contributed by atoms with Crippen LogP contribution >= 0.6 is 24.0 Å². The van der Waals surface area contributed by atoms with Crippen molar-refractivity contribution in [3.63, 3.8) is 0 Å². The highest BCUT2D eigenvalue weighted by atomic mass is 35.5. The number of hydrogen-bond acceptors (Lipinski definition) is 4. The number of carbonyl (C=O) groups is 1. The van der Waals surface area contributed by atoms with Crippen molar-refractivity contribution in [1.82, 2.24) is 10.6 Å². The lowest BCUT2D eigenvalue weighted by atomic mass is 10.1. The lowest BCUT2D eigenvalue weighted by Gasteiger charge is -2.15. The molecule has 1 aromatic rings. The fourth-order valence-electron chi connectivity index (χ4n) is 2.24. The maximum Gasteiger partial charge on any atom is 0.251 e. The highest BCUT2D eigenvalue weighted by Gasteiger charge is 2.20. The van der Waals surface area contributed by atoms with Crippen molar-refractivity contribution in [1.29, 1.82) is 0 Å². The molecule has 2 rings (SSSR count). The minimum absolute atomic E-state index is 0. The molecule has 1 aromatic carbocycles. The Morgan fingerprint density at radius 1 is 1.50 bits per heavy atom. The van der Waals surface area contributed by atoms with Crippen LogP contribution in [0.3, 0.4) is 0 Å². The molecule has 1 amide bonds. The summed E-state index contributed by atoms with van der Waals surface area (Å²) in [6.45, 7) is 4.29. The number of benzene rings is 1. The van der Waals surface area contributed by atoms with Gasteiger partial charge in [-0.15, -0.1) is 12.4 Å². The molecule has 1 atom stereocenters. The zero-order chi connectivity index (χ0) is 15.2. The minimum atomic E-state index is -0.147. The Balaban J connectivity index is 0.00000242. The van der Waals surface area contributed by atoms with Crippen molar-refractivity contribution in [3.05, 3.63) is 22.7 Å². The van der Waals surface area contributed by atoms with Crippen molar-refractivity contribution < 1.29 is 14.3 Å². The van der Waals surface area contributed by atoms with E-state index in [2.05, 4.69) is 10.6 Å². The van der Waals surface area contributed by atoms with Gasteiger partial charge in [-0.1, -0.05) is 18.5 Å². The molecule has 0 bridgehead atoms. The molecular formula is C15H22Cl2N2O3. The second-order valence-electron chi connectivity index (χ2n) is 5.00. The van der Waals surface area contributed by atoms with Crippen molar-refractivity contribution in [2.45, 2.75) is 25.8 Å². The van der Waals surface area contributed by atoms with Crippen LogP contribution in [0.4, 0.5) is 0 Å². The number of nitrogens with one attached hydrogen (secondary N) is 2. The Kier molecular flexibility index (Phi) is 7.79. The number of amides is 1. The van der Waals surface area contributed by atoms with E-state index in [0.717, 1.165) is 25.9 Å². The number of halogens is 2. The summed E-state index contributed by atoms with van der Waals surface area (Å²) in [6, 6.07) is 3.44. The van der Waals surface area contributed by atoms with Gasteiger partial charge in [0.05, 0.1) is 18.7 Å². The third-order valence-corrected chi connectivity index (χ3v) is 3.62. The Bertz CT molecular complexity index is 506. The van der Waals surface area contributed by atoms with Gasteiger partial charge in [0, 0.05) is 18.2 Å². The van der Waals surface area contributed by atoms with E-state index in [1.54, 1.807) is 12.1 Å². The quantitative estimate of drug-likeness (QED) is 0.829. The van der Waals surface area contributed by atoms with E-state index in [1.807, 2.05) is 6.92 Å². The first-order chi connectivity index (χ1) is 10.2. The zero-order valence-electron chi connectivity index (χ0n) is 12.8. The summed E-state index contributed by atoms with van der Waals surface area (Å²) >= 11 is 6.21. The van der Waals surface area contributed by atoms with Gasteiger partial charge < -0.3 is 20.1 Å². The third-order valence-electron chi connectivity index (χ3n) is 3.34. The average Bonchev–Trinajstić information content (AvgIpc) is 2.98. The van der Waals surface area contributed by atoms with E-state index < -0.39 is 0 Å². The van der Waals surface area contributed by atoms with Gasteiger partial charge in [0.2, 0.25) is 0 Å². The molecule has 22 heavy (non-hydrogen) atoms. The monoisotopic (exact) mass is 348 g/mol. The van der Waals surface area contributed by atoms with Crippen LogP contribution in [-0.4, -0.2) is 38.8 Å². The zero-order valence-corrected chi connectivity index (χ0v) is 14.4. The highest BCUT2D eigenvalue weighted by Crippen LogP contribution is 2.36. The van der Waals surface area contributed by atoms with Gasteiger partial charge >= 0.3 is 0 Å². The third kappa shape index (κ3) is 4.66. The fraction of sp³-hybridized carbons (Fsp3) is 0.533. The highest BCUT2D eigenvalue weighted by molar-refractivity contribution is 6.32. The van der Waals surface area contributed by atoms with Gasteiger partial charge in [0.25, 0.3) is 5.91 Å². The summed E-state index contributed by atoms with van der Waals surface area (Å²) in [5.41, 5.74) is 0.479. The van der Waals surface area contributed by atoms with Gasteiger partial charge in [0.15, 0.2) is 11.5 Å². The van der Waals surface area contributed by atoms with Gasteiger partial charge in [-0.05, 0) is 31.5 Å². The maximum atomic E-state index is 12.3. The van der Waals surface area contributed by atoms with Gasteiger partial charge in [0.1, 0.15) is 0 Å². The lowest BCUT2D eigenvalue weighted by molar-refractivity contribution is 0.0939. The van der Waals surface area contributed by atoms with E-state index >= 15 is 0 Å². The summed E-state index contributed by atoms with van der Waals surface area (Å²) in [5.74, 6) is 0.816. The van der Waals surface area contributed by atoms with Crippen LogP contribution in [0.15, 0.2) is 12.1 Å². The van der Waals surface area contributed by atoms with Crippen molar-refractivity contribution >= 4 is 29.9 Å². The Hall–Kier alpha value is -1.17. The molecule has 0 spiro atoms. The van der Waals surface area contributed by atoms with E-state index in [-0.39, 0.29) is 24.4 Å². The number of methoxy groups -OCH3 is 1. The molecule has 1 aliphatic rings. The van der Waals surface area contributed by atoms with Crippen molar-refractivity contribution in [3.8, 4) is 11.5 Å². The normalized spacial score (nSPS) is 16.8. The molecule has 124 valence electrons. The molecule has 1 aliphatic heterocycles. The Morgan fingerprint density at radius 2 is 2.27 bits per heavy atom. The van der Waals surface area contributed by atoms with Crippen LogP contribution in [-0.2, 0) is 0 Å². The second kappa shape index (κ2) is 9.08. The molecule has 5 nitrogen and oxygen atoms in total. The van der Waals surface area contributed by atoms with Crippen molar-refractivity contribution in [2.75, 3.05) is 26.8 Å². The van der Waals surface area contributed by atoms with E-state index in [9.17, 15) is 4.79 Å². The van der Waals surface area contributed by atoms with Crippen LogP contribution < -0.4 is 20.1 Å². The number of rotatable bonds is 6. The summed E-state index contributed by atoms with van der Waals surface area (Å²) in [4.78, 5) is 12.3. The summed E-state index contributed by atoms with van der Waals surface area (Å²) < 4.78 is 10.9. The first-order valence-corrected chi connectivity index (χ1v) is 7.55. The first-order valence-electron chi connectivity index (χ1n) is 7.17. The van der Waals surface area contributed by atoms with Crippen LogP contribution in [0.2, 0.25) is 5.02 Å². The topological polar surface area (TPSA) is 59.6 Å². The summed E-state index contributed by atoms with van der Waals surface area (Å²) in [7, 11) is 1.53. The molecule has 1 saturated heterocycles. The molecule has 0 aliphatic carbocycles. The maximum absolute atomic E-state index is 12.3. The molecule has 0 aromatic heterocycles. The molecular weight excluding hydrogens is 327 g/mol. The fourth-order valence-corrected chi connectivity index (χ4v) is 2.51. The molecule has 0 saturated carbocycles. The molecule has 1 heterocycles. The van der Waals surface area contributed by atoms with Crippen LogP contribution in [0, 0.1) is 0 Å². The molecule has 1 unspecified atom stereocenters. The number of ether oxygens (including phenoxy) is 2. The van der Waals surface area contributed by atoms with E-state index in [1.165, 1.54) is 7.11 Å². The van der Waals surface area contributed by atoms with Gasteiger partial charge in [-0.2, -0.15) is 0 Å². The van der Waals surface area contributed by atoms with Gasteiger partial charge in [-0.3, -0.25) is 4.79 Å². The summed E-state index contributed by atoms with van der Waals surface area (Å²) in [6.07, 6.45) is 1.81. The number of hydrogen-bond donors (Lipinski definition) is 2. The van der Waals surface area contributed by atoms with Gasteiger partial charge in [-0.25, -0.2) is 0 Å². The molecule has 1 fully saturated rings. The van der Waals surface area contributed by atoms with Crippen LogP contribution in [0.5, 0.6) is 11.5 Å². The Labute approximate surface area is 142 Å². The van der Waals surface area contributed by atoms with Crippen LogP contribution in [0.1, 0.15) is 30.1 Å². The molecule has 2 N–H and O–H groups in total. The number of carbonyl (C=O) groups excluding carboxylic acids is 1. The van der Waals surface area contributed by atoms with E-state index in [4.69, 9.17) is 21.1 Å². The second-order valence-corrected chi connectivity index (χ2v) is 5.41. The standard InChI is InChI=1S/C15H21ClN2O3.ClH/c1-3-6-21-14-12(16)7-10(8-13(14)20-2)15(19)18-11-4-5-17-9-11;/h7-8,11,17H,3-6,9H2,1-2H3,(H,18,19);1H. The smallest absolute Gasteiger partial charge is 0.251 e. The van der Waals surface area contributed by atoms with E-state index in [0.29, 0.717) is 28.7 Å². The molecule has 0 radical (unpaired) electrons. The predicted molar refractivity (Wildman–Crippen MR) is 89.8 cm³/mol. The largest absolute Gasteiger partial charge is 0.493 e. The predicted octanol–water partition coefficient (Wildman–Crippen LogP) is 2.65. The average molecular weight is 349 g/mol. The van der Waals surface area contributed by atoms with Crippen molar-refractivity contribution in [2.24, 2.45) is 0 Å². The van der Waals surface area contributed by atoms with Crippen LogP contribution in [0.25, 0.3) is 0 Å². The molecule has 7 heteroatoms. The Morgan fingerprint density at radius 3 is 2.86 bits per heavy atom. The summed E-state index contributed by atoms with van der Waals surface area (Å²) in [5, 5.41) is 6.58. The lowest BCUT2D eigenvalue weighted by Crippen LogP contribution is -2.36.